The van der Waals surface area contributed by atoms with Crippen molar-refractivity contribution in [3.63, 3.8) is 0 Å². The Labute approximate surface area is 161 Å². The van der Waals surface area contributed by atoms with E-state index in [1.165, 1.54) is 0 Å². The average Bonchev–Trinajstić information content (AvgIpc) is 3.19. The van der Waals surface area contributed by atoms with Crippen molar-refractivity contribution < 1.29 is 14.3 Å². The van der Waals surface area contributed by atoms with E-state index in [1.807, 2.05) is 47.0 Å². The number of hydrogen-bond acceptors (Lipinski definition) is 6. The highest BCUT2D eigenvalue weighted by Crippen LogP contribution is 2.40. The number of hydrogen-bond donors (Lipinski definition) is 1. The van der Waals surface area contributed by atoms with Gasteiger partial charge in [-0.2, -0.15) is 0 Å². The van der Waals surface area contributed by atoms with Gasteiger partial charge in [-0.25, -0.2) is 9.99 Å². The fraction of sp³-hybridized carbons (Fsp3) is 0.150. The molecule has 0 saturated carbocycles. The number of aromatic nitrogens is 2. The molecule has 0 radical (unpaired) electrons. The number of anilines is 1. The molecular weight excluding hydrogens is 358 g/mol. The number of amidine groups is 1. The third-order valence-corrected chi connectivity index (χ3v) is 4.81. The Balaban J connectivity index is 1.83. The maximum absolute atomic E-state index is 12.0. The molecule has 0 spiro atoms. The lowest BCUT2D eigenvalue weighted by Gasteiger charge is -2.35. The number of imidazole rings is 1. The van der Waals surface area contributed by atoms with Crippen molar-refractivity contribution >= 4 is 17.6 Å². The third kappa shape index (κ3) is 2.27. The third-order valence-electron chi connectivity index (χ3n) is 4.81. The second-order valence-electron chi connectivity index (χ2n) is 6.38. The molecule has 2 aliphatic rings. The molecule has 1 aromatic heterocycles. The van der Waals surface area contributed by atoms with Crippen molar-refractivity contribution in [1.29, 1.82) is 0 Å². The van der Waals surface area contributed by atoms with Crippen LogP contribution in [0.4, 0.5) is 5.82 Å². The lowest BCUT2D eigenvalue weighted by atomic mass is 10.1. The molecule has 8 nitrogen and oxygen atoms in total. The zero-order valence-corrected chi connectivity index (χ0v) is 15.3. The maximum atomic E-state index is 12.0. The van der Waals surface area contributed by atoms with E-state index in [1.54, 1.807) is 25.4 Å². The molecule has 0 atom stereocenters. The fourth-order valence-corrected chi connectivity index (χ4v) is 3.56. The summed E-state index contributed by atoms with van der Waals surface area (Å²) in [6, 6.07) is 13.6. The molecule has 0 saturated heterocycles. The minimum absolute atomic E-state index is 0.0687. The highest BCUT2D eigenvalue weighted by molar-refractivity contribution is 6.17. The number of carbonyl (C=O) groups excluding carboxylic acids is 1. The monoisotopic (exact) mass is 375 g/mol. The fourth-order valence-electron chi connectivity index (χ4n) is 3.56. The van der Waals surface area contributed by atoms with Gasteiger partial charge in [-0.05, 0) is 6.07 Å². The first-order valence-corrected chi connectivity index (χ1v) is 8.75. The number of carbonyl (C=O) groups is 1. The first-order valence-electron chi connectivity index (χ1n) is 8.75. The number of hydrazine groups is 1. The van der Waals surface area contributed by atoms with Crippen molar-refractivity contribution in [3.8, 4) is 28.6 Å². The van der Waals surface area contributed by atoms with Gasteiger partial charge in [0.2, 0.25) is 0 Å². The summed E-state index contributed by atoms with van der Waals surface area (Å²) in [5.74, 6) is 3.11. The molecule has 3 aromatic rings. The van der Waals surface area contributed by atoms with E-state index in [0.29, 0.717) is 23.2 Å². The lowest BCUT2D eigenvalue weighted by molar-refractivity contribution is -0.119. The number of nitrogens with one attached hydrogen (secondary N) is 1. The van der Waals surface area contributed by atoms with E-state index in [0.717, 1.165) is 22.6 Å². The van der Waals surface area contributed by atoms with Gasteiger partial charge < -0.3 is 9.47 Å². The van der Waals surface area contributed by atoms with Crippen LogP contribution in [-0.2, 0) is 4.79 Å². The van der Waals surface area contributed by atoms with Crippen LogP contribution in [0.2, 0.25) is 0 Å². The van der Waals surface area contributed by atoms with Gasteiger partial charge in [0.1, 0.15) is 12.4 Å². The molecule has 0 bridgehead atoms. The number of nitrogens with zero attached hydrogens (tertiary/aromatic N) is 4. The molecule has 2 aromatic carbocycles. The Kier molecular flexibility index (Phi) is 3.58. The van der Waals surface area contributed by atoms with Gasteiger partial charge in [0.15, 0.2) is 23.2 Å². The number of rotatable bonds is 3. The van der Waals surface area contributed by atoms with Crippen LogP contribution in [0.15, 0.2) is 53.7 Å². The van der Waals surface area contributed by atoms with E-state index in [-0.39, 0.29) is 12.5 Å². The van der Waals surface area contributed by atoms with E-state index >= 15 is 0 Å². The molecular formula is C20H17N5O3. The van der Waals surface area contributed by atoms with E-state index in [4.69, 9.17) is 9.47 Å². The van der Waals surface area contributed by atoms with Gasteiger partial charge in [0.05, 0.1) is 26.1 Å². The lowest BCUT2D eigenvalue weighted by Crippen LogP contribution is -2.53. The van der Waals surface area contributed by atoms with Crippen LogP contribution in [0.3, 0.4) is 0 Å². The number of benzene rings is 2. The molecule has 0 fully saturated rings. The largest absolute Gasteiger partial charge is 0.493 e. The summed E-state index contributed by atoms with van der Waals surface area (Å²) >= 11 is 0. The number of ether oxygens (including phenoxy) is 2. The van der Waals surface area contributed by atoms with Crippen LogP contribution < -0.4 is 19.9 Å². The van der Waals surface area contributed by atoms with Crippen LogP contribution in [0.5, 0.6) is 11.5 Å². The predicted octanol–water partition coefficient (Wildman–Crippen LogP) is 2.17. The van der Waals surface area contributed by atoms with Crippen LogP contribution in [-0.4, -0.2) is 42.1 Å². The Morgan fingerprint density at radius 2 is 1.82 bits per heavy atom. The maximum Gasteiger partial charge on any atom is 0.260 e. The van der Waals surface area contributed by atoms with Gasteiger partial charge in [0.25, 0.3) is 5.91 Å². The minimum Gasteiger partial charge on any atom is -0.493 e. The van der Waals surface area contributed by atoms with Crippen LogP contribution in [0, 0.1) is 0 Å². The number of fused-ring (bicyclic) bond motifs is 6. The van der Waals surface area contributed by atoms with Crippen LogP contribution in [0.25, 0.3) is 17.1 Å². The topological polar surface area (TPSA) is 81.0 Å². The van der Waals surface area contributed by atoms with Gasteiger partial charge in [0, 0.05) is 17.2 Å². The quantitative estimate of drug-likeness (QED) is 0.759. The van der Waals surface area contributed by atoms with Crippen molar-refractivity contribution in [1.82, 2.24) is 15.0 Å². The van der Waals surface area contributed by atoms with Gasteiger partial charge in [-0.1, -0.05) is 30.3 Å². The Bertz CT molecular complexity index is 1120. The Morgan fingerprint density at radius 3 is 2.57 bits per heavy atom. The molecule has 3 heterocycles. The summed E-state index contributed by atoms with van der Waals surface area (Å²) in [5.41, 5.74) is 5.51. The summed E-state index contributed by atoms with van der Waals surface area (Å²) in [4.78, 5) is 21.1. The average molecular weight is 375 g/mol. The highest BCUT2D eigenvalue weighted by Gasteiger charge is 2.35. The van der Waals surface area contributed by atoms with Crippen molar-refractivity contribution in [2.45, 2.75) is 0 Å². The van der Waals surface area contributed by atoms with Crippen molar-refractivity contribution in [2.24, 2.45) is 4.99 Å². The predicted molar refractivity (Wildman–Crippen MR) is 104 cm³/mol. The second kappa shape index (κ2) is 6.12. The number of methoxy groups -OCH3 is 2. The molecule has 5 rings (SSSR count). The minimum atomic E-state index is -0.179. The van der Waals surface area contributed by atoms with Gasteiger partial charge >= 0.3 is 0 Å². The Morgan fingerprint density at radius 1 is 1.07 bits per heavy atom. The number of amides is 1. The molecule has 140 valence electrons. The van der Waals surface area contributed by atoms with E-state index < -0.39 is 0 Å². The van der Waals surface area contributed by atoms with Gasteiger partial charge in [-0.3, -0.25) is 19.8 Å². The summed E-state index contributed by atoms with van der Waals surface area (Å²) in [7, 11) is 3.19. The summed E-state index contributed by atoms with van der Waals surface area (Å²) < 4.78 is 13.0. The smallest absolute Gasteiger partial charge is 0.260 e. The number of aliphatic imine (C=N–C) groups is 1. The molecule has 8 heteroatoms. The van der Waals surface area contributed by atoms with E-state index in [9.17, 15) is 4.79 Å². The van der Waals surface area contributed by atoms with E-state index in [2.05, 4.69) is 15.4 Å². The molecule has 28 heavy (non-hydrogen) atoms. The normalized spacial score (nSPS) is 14.4. The standard InChI is InChI=1S/C20H17N5O3/c1-27-15-8-13-14(9-16(15)28-2)24-18(25-20(13)21-10-17(26)23-25)11-22-19(24)12-6-4-3-5-7-12/h3-9,11H,10H2,1-2H3,(H,23,26). The SMILES string of the molecule is COc1cc2c(cc1OC)-n1c(cnc1-c1ccccc1)N1NC(=O)CN=C21. The summed E-state index contributed by atoms with van der Waals surface area (Å²) in [6.45, 7) is 0.0687. The molecule has 1 amide bonds. The highest BCUT2D eigenvalue weighted by atomic mass is 16.5. The first-order chi connectivity index (χ1) is 13.7. The Hall–Kier alpha value is -3.81. The molecule has 0 aliphatic carbocycles. The summed E-state index contributed by atoms with van der Waals surface area (Å²) in [6.07, 6.45) is 1.73. The second-order valence-corrected chi connectivity index (χ2v) is 6.38. The zero-order valence-electron chi connectivity index (χ0n) is 15.3. The first kappa shape index (κ1) is 16.4. The zero-order chi connectivity index (χ0) is 19.3. The molecule has 1 N–H and O–H groups in total. The van der Waals surface area contributed by atoms with Crippen LogP contribution >= 0.6 is 0 Å². The van der Waals surface area contributed by atoms with Crippen molar-refractivity contribution in [2.75, 3.05) is 25.8 Å². The van der Waals surface area contributed by atoms with Crippen LogP contribution in [0.1, 0.15) is 5.56 Å². The summed E-state index contributed by atoms with van der Waals surface area (Å²) in [5, 5.41) is 1.67. The van der Waals surface area contributed by atoms with Crippen molar-refractivity contribution in [3.05, 3.63) is 54.2 Å². The molecule has 2 aliphatic heterocycles. The van der Waals surface area contributed by atoms with Gasteiger partial charge in [-0.15, -0.1) is 0 Å². The molecule has 0 unspecified atom stereocenters.